The fraction of sp³-hybridized carbons (Fsp3) is 0.467. The fourth-order valence-corrected chi connectivity index (χ4v) is 9.28. The fourth-order valence-electron chi connectivity index (χ4n) is 9.28. The molecular formula is C45H53F2N9O4. The first-order valence-corrected chi connectivity index (χ1v) is 21.4. The van der Waals surface area contributed by atoms with Crippen LogP contribution in [0.5, 0.6) is 0 Å². The second-order valence-corrected chi connectivity index (χ2v) is 16.8. The summed E-state index contributed by atoms with van der Waals surface area (Å²) >= 11 is 0. The van der Waals surface area contributed by atoms with Crippen molar-refractivity contribution in [3.8, 4) is 22.4 Å². The summed E-state index contributed by atoms with van der Waals surface area (Å²) in [7, 11) is 0. The molecule has 2 aliphatic carbocycles. The van der Waals surface area contributed by atoms with Crippen molar-refractivity contribution < 1.29 is 23.2 Å². The van der Waals surface area contributed by atoms with Gasteiger partial charge >= 0.3 is 0 Å². The Morgan fingerprint density at radius 2 is 1.53 bits per heavy atom. The van der Waals surface area contributed by atoms with E-state index in [1.807, 2.05) is 6.07 Å². The molecule has 0 spiro atoms. The van der Waals surface area contributed by atoms with Gasteiger partial charge in [-0.1, -0.05) is 18.2 Å². The summed E-state index contributed by atoms with van der Waals surface area (Å²) in [6, 6.07) is 15.2. The molecule has 5 N–H and O–H groups in total. The maximum atomic E-state index is 15.2. The number of nitrogens with one attached hydrogen (secondary N) is 5. The van der Waals surface area contributed by atoms with Crippen LogP contribution in [0.2, 0.25) is 0 Å². The molecule has 4 heterocycles. The minimum Gasteiger partial charge on any atom is -0.374 e. The molecule has 4 fully saturated rings. The van der Waals surface area contributed by atoms with E-state index in [-0.39, 0.29) is 53.3 Å². The van der Waals surface area contributed by atoms with Gasteiger partial charge in [0.2, 0.25) is 23.7 Å². The van der Waals surface area contributed by atoms with Crippen LogP contribution in [-0.4, -0.2) is 88.4 Å². The van der Waals surface area contributed by atoms with E-state index in [2.05, 4.69) is 46.0 Å². The molecule has 4 aromatic rings. The number of carbonyl (C=O) groups excluding carboxylic acids is 3. The molecule has 13 nitrogen and oxygen atoms in total. The van der Waals surface area contributed by atoms with E-state index in [0.717, 1.165) is 84.1 Å². The number of piperazine rings is 1. The van der Waals surface area contributed by atoms with Crippen molar-refractivity contribution >= 4 is 35.0 Å². The number of H-pyrrole nitrogens is 1. The van der Waals surface area contributed by atoms with Crippen molar-refractivity contribution in [1.82, 2.24) is 30.5 Å². The molecule has 0 radical (unpaired) electrons. The third kappa shape index (κ3) is 10.2. The Kier molecular flexibility index (Phi) is 12.8. The summed E-state index contributed by atoms with van der Waals surface area (Å²) in [4.78, 5) is 64.9. The number of carbonyl (C=O) groups is 3. The van der Waals surface area contributed by atoms with Gasteiger partial charge in [-0.05, 0) is 112 Å². The highest BCUT2D eigenvalue weighted by Crippen LogP contribution is 2.33. The Morgan fingerprint density at radius 3 is 2.28 bits per heavy atom. The zero-order chi connectivity index (χ0) is 41.6. The van der Waals surface area contributed by atoms with Crippen molar-refractivity contribution in [2.24, 2.45) is 11.8 Å². The van der Waals surface area contributed by atoms with E-state index in [0.29, 0.717) is 58.7 Å². The lowest BCUT2D eigenvalue weighted by Crippen LogP contribution is -2.48. The van der Waals surface area contributed by atoms with Crippen molar-refractivity contribution in [3.05, 3.63) is 89.0 Å². The van der Waals surface area contributed by atoms with Crippen molar-refractivity contribution in [2.75, 3.05) is 48.3 Å². The molecule has 15 heteroatoms. The molecular weight excluding hydrogens is 769 g/mol. The number of benzene rings is 2. The number of pyridine rings is 1. The highest BCUT2D eigenvalue weighted by molar-refractivity contribution is 6.01. The van der Waals surface area contributed by atoms with Crippen LogP contribution < -0.4 is 31.7 Å². The van der Waals surface area contributed by atoms with Crippen molar-refractivity contribution in [3.63, 3.8) is 0 Å². The van der Waals surface area contributed by atoms with E-state index in [1.165, 1.54) is 12.3 Å². The molecule has 2 aliphatic heterocycles. The van der Waals surface area contributed by atoms with Gasteiger partial charge in [0.05, 0.1) is 11.9 Å². The third-order valence-electron chi connectivity index (χ3n) is 12.6. The van der Waals surface area contributed by atoms with Crippen LogP contribution in [0.25, 0.3) is 22.4 Å². The van der Waals surface area contributed by atoms with E-state index in [1.54, 1.807) is 48.7 Å². The maximum absolute atomic E-state index is 15.2. The highest BCUT2D eigenvalue weighted by Gasteiger charge is 2.30. The molecule has 2 saturated heterocycles. The van der Waals surface area contributed by atoms with Gasteiger partial charge in [0.1, 0.15) is 17.6 Å². The molecule has 0 bridgehead atoms. The Morgan fingerprint density at radius 1 is 0.783 bits per heavy atom. The lowest BCUT2D eigenvalue weighted by atomic mass is 9.80. The molecule has 2 aromatic carbocycles. The summed E-state index contributed by atoms with van der Waals surface area (Å²) in [6.45, 7) is 4.22. The Bertz CT molecular complexity index is 2230. The third-order valence-corrected chi connectivity index (χ3v) is 12.6. The van der Waals surface area contributed by atoms with Crippen molar-refractivity contribution in [2.45, 2.75) is 88.8 Å². The number of nitrogens with zero attached hydrogens (tertiary/aromatic N) is 4. The topological polar surface area (TPSA) is 164 Å². The standard InChI is InChI=1S/C45H53F2N9O4/c46-36-25-34(50-38-15-17-40(57)53-44(38)60)14-16-39(36)56-21-19-55(20-22-56)27-29-8-6-28(7-9-29)23-41(58)51-32-10-12-33(13-11-32)52-45-49-26-37(47)42(54-45)31-4-1-3-30(24-31)35-5-2-18-48-43(35)59/h1-5,14,16,18,24-26,28-29,32-33,38,50H,6-13,15,17,19-23,27H2,(H,48,59)(H,51,58)(H,49,52,54)(H,53,57,60)/t28?,29?,32-,33-,38?. The second kappa shape index (κ2) is 18.7. The summed E-state index contributed by atoms with van der Waals surface area (Å²) < 4.78 is 30.1. The normalized spacial score (nSPS) is 23.8. The number of piperidine rings is 1. The minimum absolute atomic E-state index is 0.104. The number of hydrogen-bond acceptors (Lipinski definition) is 10. The summed E-state index contributed by atoms with van der Waals surface area (Å²) in [5.74, 6) is -0.0713. The molecule has 1 atom stereocenters. The van der Waals surface area contributed by atoms with Crippen LogP contribution in [0.1, 0.15) is 70.6 Å². The van der Waals surface area contributed by atoms with Crippen LogP contribution in [0.4, 0.5) is 26.1 Å². The van der Waals surface area contributed by atoms with Crippen LogP contribution in [0, 0.1) is 23.5 Å². The number of hydrogen-bond donors (Lipinski definition) is 5. The van der Waals surface area contributed by atoms with Gasteiger partial charge in [-0.15, -0.1) is 0 Å². The zero-order valence-corrected chi connectivity index (χ0v) is 33.7. The molecule has 8 rings (SSSR count). The van der Waals surface area contributed by atoms with Gasteiger partial charge in [0, 0.05) is 80.7 Å². The first kappa shape index (κ1) is 41.1. The molecule has 3 amide bonds. The van der Waals surface area contributed by atoms with Crippen LogP contribution in [0.3, 0.4) is 0 Å². The van der Waals surface area contributed by atoms with E-state index in [4.69, 9.17) is 0 Å². The first-order chi connectivity index (χ1) is 29.1. The molecule has 316 valence electrons. The lowest BCUT2D eigenvalue weighted by molar-refractivity contribution is -0.133. The number of amides is 3. The quantitative estimate of drug-likeness (QED) is 0.110. The second-order valence-electron chi connectivity index (χ2n) is 16.8. The first-order valence-electron chi connectivity index (χ1n) is 21.4. The van der Waals surface area contributed by atoms with E-state index >= 15 is 4.39 Å². The lowest BCUT2D eigenvalue weighted by Gasteiger charge is -2.39. The number of rotatable bonds is 12. The Hall–Kier alpha value is -5.70. The molecule has 4 aliphatic rings. The molecule has 1 unspecified atom stereocenters. The predicted octanol–water partition coefficient (Wildman–Crippen LogP) is 5.85. The largest absolute Gasteiger partial charge is 0.374 e. The number of aromatic amines is 1. The van der Waals surface area contributed by atoms with Crippen LogP contribution in [-0.2, 0) is 14.4 Å². The number of imide groups is 1. The van der Waals surface area contributed by atoms with Crippen molar-refractivity contribution in [1.29, 1.82) is 0 Å². The smallest absolute Gasteiger partial charge is 0.255 e. The summed E-state index contributed by atoms with van der Waals surface area (Å²) in [6.07, 6.45) is 11.6. The number of aromatic nitrogens is 3. The average Bonchev–Trinajstić information content (AvgIpc) is 3.25. The van der Waals surface area contributed by atoms with Gasteiger partial charge in [0.15, 0.2) is 5.82 Å². The molecule has 60 heavy (non-hydrogen) atoms. The van der Waals surface area contributed by atoms with Gasteiger partial charge < -0.3 is 25.8 Å². The summed E-state index contributed by atoms with van der Waals surface area (Å²) in [5.41, 5.74) is 2.74. The van der Waals surface area contributed by atoms with Gasteiger partial charge in [-0.25, -0.2) is 18.7 Å². The van der Waals surface area contributed by atoms with Crippen LogP contribution in [0.15, 0.2) is 71.8 Å². The maximum Gasteiger partial charge on any atom is 0.255 e. The average molecular weight is 822 g/mol. The highest BCUT2D eigenvalue weighted by atomic mass is 19.1. The monoisotopic (exact) mass is 821 g/mol. The summed E-state index contributed by atoms with van der Waals surface area (Å²) in [5, 5.41) is 12.0. The van der Waals surface area contributed by atoms with E-state index in [9.17, 15) is 23.6 Å². The SMILES string of the molecule is O=C1CCC(Nc2ccc(N3CCN(CC4CCC(CC(=O)N[C@H]5CC[C@H](Nc6ncc(F)c(-c7cccc(-c8ccc[nH]c8=O)c7)n6)CC5)CC4)CC3)c(F)c2)C(=O)N1. The van der Waals surface area contributed by atoms with Gasteiger partial charge in [0.25, 0.3) is 5.56 Å². The predicted molar refractivity (Wildman–Crippen MR) is 226 cm³/mol. The number of halogens is 2. The van der Waals surface area contributed by atoms with Gasteiger partial charge in [-0.3, -0.25) is 29.4 Å². The molecule has 2 saturated carbocycles. The zero-order valence-electron chi connectivity index (χ0n) is 33.7. The number of anilines is 3. The van der Waals surface area contributed by atoms with Gasteiger partial charge in [-0.2, -0.15) is 0 Å². The molecule has 2 aromatic heterocycles. The Balaban J connectivity index is 0.726. The minimum atomic E-state index is -0.555. The Labute approximate surface area is 348 Å². The van der Waals surface area contributed by atoms with Crippen LogP contribution >= 0.6 is 0 Å². The van der Waals surface area contributed by atoms with E-state index < -0.39 is 11.9 Å².